The standard InChI is InChI=1S/C14H17BrN2S/c1-11(8-13-4-3-7-18-13)17(2)14-6-5-12(9-15)10-16-14/h3-7,10-11H,8-9H2,1-2H3. The molecule has 2 heterocycles. The molecule has 0 radical (unpaired) electrons. The lowest BCUT2D eigenvalue weighted by atomic mass is 10.2. The minimum absolute atomic E-state index is 0.450. The van der Waals surface area contributed by atoms with Gasteiger partial charge >= 0.3 is 0 Å². The van der Waals surface area contributed by atoms with Crippen molar-refractivity contribution in [3.63, 3.8) is 0 Å². The van der Waals surface area contributed by atoms with Crippen LogP contribution in [0.5, 0.6) is 0 Å². The first kappa shape index (κ1) is 13.6. The van der Waals surface area contributed by atoms with Crippen LogP contribution >= 0.6 is 27.3 Å². The average Bonchev–Trinajstić information content (AvgIpc) is 2.91. The average molecular weight is 325 g/mol. The number of rotatable bonds is 5. The maximum absolute atomic E-state index is 4.50. The Hall–Kier alpha value is -0.870. The van der Waals surface area contributed by atoms with Crippen LogP contribution in [0.25, 0.3) is 0 Å². The summed E-state index contributed by atoms with van der Waals surface area (Å²) in [6, 6.07) is 8.95. The summed E-state index contributed by atoms with van der Waals surface area (Å²) in [5.74, 6) is 1.03. The lowest BCUT2D eigenvalue weighted by Crippen LogP contribution is -2.31. The molecule has 96 valence electrons. The highest BCUT2D eigenvalue weighted by molar-refractivity contribution is 9.08. The minimum Gasteiger partial charge on any atom is -0.357 e. The number of hydrogen-bond acceptors (Lipinski definition) is 3. The van der Waals surface area contributed by atoms with Gasteiger partial charge in [0.25, 0.3) is 0 Å². The monoisotopic (exact) mass is 324 g/mol. The molecule has 0 aliphatic heterocycles. The van der Waals surface area contributed by atoms with Gasteiger partial charge in [0.2, 0.25) is 0 Å². The molecule has 2 aromatic heterocycles. The fourth-order valence-electron chi connectivity index (χ4n) is 1.79. The van der Waals surface area contributed by atoms with E-state index in [4.69, 9.17) is 0 Å². The molecule has 2 aromatic rings. The molecule has 2 rings (SSSR count). The minimum atomic E-state index is 0.450. The molecule has 0 amide bonds. The maximum atomic E-state index is 4.50. The number of halogens is 1. The highest BCUT2D eigenvalue weighted by atomic mass is 79.9. The van der Waals surface area contributed by atoms with Gasteiger partial charge < -0.3 is 4.90 Å². The van der Waals surface area contributed by atoms with Crippen LogP contribution in [0.3, 0.4) is 0 Å². The molecule has 0 saturated heterocycles. The lowest BCUT2D eigenvalue weighted by Gasteiger charge is -2.25. The van der Waals surface area contributed by atoms with E-state index in [2.05, 4.69) is 69.4 Å². The van der Waals surface area contributed by atoms with E-state index < -0.39 is 0 Å². The van der Waals surface area contributed by atoms with Crippen molar-refractivity contribution in [2.45, 2.75) is 24.7 Å². The number of likely N-dealkylation sites (N-methyl/N-ethyl adjacent to an activating group) is 1. The van der Waals surface area contributed by atoms with Gasteiger partial charge in [-0.05, 0) is 30.0 Å². The molecular formula is C14H17BrN2S. The molecule has 0 aliphatic carbocycles. The Balaban J connectivity index is 2.02. The predicted octanol–water partition coefficient (Wildman–Crippen LogP) is 4.11. The van der Waals surface area contributed by atoms with Crippen molar-refractivity contribution in [3.05, 3.63) is 46.3 Å². The molecule has 0 fully saturated rings. The lowest BCUT2D eigenvalue weighted by molar-refractivity contribution is 0.680. The second-order valence-corrected chi connectivity index (χ2v) is 5.99. The first-order valence-electron chi connectivity index (χ1n) is 5.97. The van der Waals surface area contributed by atoms with Crippen LogP contribution in [-0.4, -0.2) is 18.1 Å². The molecule has 0 N–H and O–H groups in total. The van der Waals surface area contributed by atoms with Crippen LogP contribution in [0.2, 0.25) is 0 Å². The fraction of sp³-hybridized carbons (Fsp3) is 0.357. The van der Waals surface area contributed by atoms with Gasteiger partial charge in [-0.1, -0.05) is 28.1 Å². The van der Waals surface area contributed by atoms with E-state index in [1.807, 2.05) is 17.5 Å². The highest BCUT2D eigenvalue weighted by Gasteiger charge is 2.12. The van der Waals surface area contributed by atoms with Gasteiger partial charge in [0.1, 0.15) is 5.82 Å². The van der Waals surface area contributed by atoms with Crippen LogP contribution in [0, 0.1) is 0 Å². The normalized spacial score (nSPS) is 12.4. The largest absolute Gasteiger partial charge is 0.357 e. The van der Waals surface area contributed by atoms with Gasteiger partial charge in [-0.2, -0.15) is 0 Å². The van der Waals surface area contributed by atoms with E-state index in [-0.39, 0.29) is 0 Å². The third kappa shape index (κ3) is 3.33. The maximum Gasteiger partial charge on any atom is 0.128 e. The second-order valence-electron chi connectivity index (χ2n) is 4.40. The summed E-state index contributed by atoms with van der Waals surface area (Å²) in [6.45, 7) is 2.24. The molecule has 4 heteroatoms. The zero-order valence-electron chi connectivity index (χ0n) is 10.6. The van der Waals surface area contributed by atoms with Gasteiger partial charge in [-0.3, -0.25) is 0 Å². The number of pyridine rings is 1. The number of hydrogen-bond donors (Lipinski definition) is 0. The molecule has 2 nitrogen and oxygen atoms in total. The van der Waals surface area contributed by atoms with Crippen molar-refractivity contribution >= 4 is 33.1 Å². The van der Waals surface area contributed by atoms with E-state index in [0.717, 1.165) is 17.6 Å². The van der Waals surface area contributed by atoms with Crippen molar-refractivity contribution in [1.29, 1.82) is 0 Å². The molecule has 0 aromatic carbocycles. The molecule has 0 aliphatic rings. The van der Waals surface area contributed by atoms with E-state index >= 15 is 0 Å². The summed E-state index contributed by atoms with van der Waals surface area (Å²) >= 11 is 5.25. The molecule has 1 atom stereocenters. The zero-order chi connectivity index (χ0) is 13.0. The number of nitrogens with zero attached hydrogens (tertiary/aromatic N) is 2. The topological polar surface area (TPSA) is 16.1 Å². The zero-order valence-corrected chi connectivity index (χ0v) is 13.0. The number of thiophene rings is 1. The van der Waals surface area contributed by atoms with Crippen LogP contribution in [0.4, 0.5) is 5.82 Å². The highest BCUT2D eigenvalue weighted by Crippen LogP contribution is 2.18. The first-order chi connectivity index (χ1) is 8.70. The first-order valence-corrected chi connectivity index (χ1v) is 7.97. The number of alkyl halides is 1. The van der Waals surface area contributed by atoms with Crippen LogP contribution in [-0.2, 0) is 11.8 Å². The third-order valence-corrected chi connectivity index (χ3v) is 4.61. The molecule has 0 bridgehead atoms. The molecular weight excluding hydrogens is 308 g/mol. The van der Waals surface area contributed by atoms with E-state index in [1.165, 1.54) is 10.4 Å². The van der Waals surface area contributed by atoms with E-state index in [1.54, 1.807) is 0 Å². The van der Waals surface area contributed by atoms with Gasteiger partial charge in [-0.25, -0.2) is 4.98 Å². The third-order valence-electron chi connectivity index (χ3n) is 3.06. The van der Waals surface area contributed by atoms with Crippen molar-refractivity contribution in [1.82, 2.24) is 4.98 Å². The van der Waals surface area contributed by atoms with E-state index in [9.17, 15) is 0 Å². The summed E-state index contributed by atoms with van der Waals surface area (Å²) in [4.78, 5) is 8.16. The van der Waals surface area contributed by atoms with Gasteiger partial charge in [0.05, 0.1) is 0 Å². The number of aromatic nitrogens is 1. The van der Waals surface area contributed by atoms with Crippen LogP contribution in [0.1, 0.15) is 17.4 Å². The van der Waals surface area contributed by atoms with Crippen molar-refractivity contribution in [2.24, 2.45) is 0 Å². The Morgan fingerprint density at radius 2 is 2.22 bits per heavy atom. The van der Waals surface area contributed by atoms with Crippen molar-refractivity contribution < 1.29 is 0 Å². The van der Waals surface area contributed by atoms with E-state index in [0.29, 0.717) is 6.04 Å². The molecule has 0 spiro atoms. The SMILES string of the molecule is CC(Cc1cccs1)N(C)c1ccc(CBr)cn1. The van der Waals surface area contributed by atoms with Gasteiger partial charge in [-0.15, -0.1) is 11.3 Å². The summed E-state index contributed by atoms with van der Waals surface area (Å²) < 4.78 is 0. The quantitative estimate of drug-likeness (QED) is 0.769. The predicted molar refractivity (Wildman–Crippen MR) is 82.8 cm³/mol. The Morgan fingerprint density at radius 3 is 2.78 bits per heavy atom. The second kappa shape index (κ2) is 6.34. The Bertz CT molecular complexity index is 467. The summed E-state index contributed by atoms with van der Waals surface area (Å²) in [6.07, 6.45) is 2.99. The molecule has 0 saturated carbocycles. The Labute approximate surface area is 121 Å². The fourth-order valence-corrected chi connectivity index (χ4v) is 2.95. The van der Waals surface area contributed by atoms with Gasteiger partial charge in [0, 0.05) is 35.9 Å². The summed E-state index contributed by atoms with van der Waals surface area (Å²) in [5, 5.41) is 2.99. The molecule has 18 heavy (non-hydrogen) atoms. The Morgan fingerprint density at radius 1 is 1.39 bits per heavy atom. The van der Waals surface area contributed by atoms with Crippen LogP contribution in [0.15, 0.2) is 35.8 Å². The summed E-state index contributed by atoms with van der Waals surface area (Å²) in [7, 11) is 2.11. The number of anilines is 1. The Kier molecular flexibility index (Phi) is 4.78. The van der Waals surface area contributed by atoms with Gasteiger partial charge in [0.15, 0.2) is 0 Å². The van der Waals surface area contributed by atoms with Crippen molar-refractivity contribution in [3.8, 4) is 0 Å². The summed E-state index contributed by atoms with van der Waals surface area (Å²) in [5.41, 5.74) is 1.21. The smallest absolute Gasteiger partial charge is 0.128 e. The van der Waals surface area contributed by atoms with Crippen LogP contribution < -0.4 is 4.90 Å². The molecule has 1 unspecified atom stereocenters. The van der Waals surface area contributed by atoms with Crippen molar-refractivity contribution in [2.75, 3.05) is 11.9 Å².